The van der Waals surface area contributed by atoms with E-state index in [1.165, 1.54) is 18.2 Å². The number of rotatable bonds is 10. The third-order valence-corrected chi connectivity index (χ3v) is 8.44. The first-order chi connectivity index (χ1) is 18.0. The molecular formula is C30H32BrClN2O2S. The van der Waals surface area contributed by atoms with E-state index in [0.29, 0.717) is 18.0 Å². The molecule has 2 amide bonds. The molecule has 1 atom stereocenters. The van der Waals surface area contributed by atoms with E-state index in [-0.39, 0.29) is 23.6 Å². The average Bonchev–Trinajstić information content (AvgIpc) is 2.92. The van der Waals surface area contributed by atoms with E-state index in [9.17, 15) is 9.59 Å². The van der Waals surface area contributed by atoms with Crippen molar-refractivity contribution in [3.05, 3.63) is 99.5 Å². The second kappa shape index (κ2) is 14.0. The van der Waals surface area contributed by atoms with Crippen LogP contribution >= 0.6 is 39.3 Å². The molecule has 0 heterocycles. The van der Waals surface area contributed by atoms with Gasteiger partial charge >= 0.3 is 0 Å². The first-order valence-corrected chi connectivity index (χ1v) is 14.9. The van der Waals surface area contributed by atoms with Gasteiger partial charge in [-0.1, -0.05) is 89.3 Å². The molecule has 1 saturated carbocycles. The smallest absolute Gasteiger partial charge is 0.243 e. The highest BCUT2D eigenvalue weighted by Gasteiger charge is 2.31. The summed E-state index contributed by atoms with van der Waals surface area (Å²) in [6.45, 7) is 0.364. The molecule has 4 rings (SSSR count). The summed E-state index contributed by atoms with van der Waals surface area (Å²) >= 11 is 11.0. The molecule has 1 fully saturated rings. The van der Waals surface area contributed by atoms with E-state index in [1.807, 2.05) is 78.9 Å². The minimum absolute atomic E-state index is 0.0670. The van der Waals surface area contributed by atoms with Crippen LogP contribution in [0.1, 0.15) is 43.2 Å². The standard InChI is InChI=1S/C30H32BrClN2O2S/c31-24-13-11-23(12-14-24)20-34(29(35)21-37-27-17-15-25(32)16-18-27)28(19-22-7-3-1-4-8-22)30(36)33-26-9-5-2-6-10-26/h1,3-4,7-8,11-18,26,28H,2,5-6,9-10,19-21H2,(H,33,36). The third-order valence-electron chi connectivity index (χ3n) is 6.66. The van der Waals surface area contributed by atoms with Crippen LogP contribution in [0, 0.1) is 0 Å². The van der Waals surface area contributed by atoms with Crippen molar-refractivity contribution in [3.8, 4) is 0 Å². The lowest BCUT2D eigenvalue weighted by Crippen LogP contribution is -2.53. The number of hydrogen-bond acceptors (Lipinski definition) is 3. The van der Waals surface area contributed by atoms with E-state index < -0.39 is 6.04 Å². The highest BCUT2D eigenvalue weighted by Crippen LogP contribution is 2.24. The van der Waals surface area contributed by atoms with Gasteiger partial charge in [-0.25, -0.2) is 0 Å². The van der Waals surface area contributed by atoms with Crippen LogP contribution in [0.5, 0.6) is 0 Å². The quantitative estimate of drug-likeness (QED) is 0.249. The normalized spacial score (nSPS) is 14.6. The largest absolute Gasteiger partial charge is 0.352 e. The molecule has 1 aliphatic rings. The molecule has 0 spiro atoms. The molecule has 0 radical (unpaired) electrons. The SMILES string of the molecule is O=C(NC1CCCCC1)C(Cc1ccccc1)N(Cc1ccc(Br)cc1)C(=O)CSc1ccc(Cl)cc1. The Morgan fingerprint density at radius 1 is 0.919 bits per heavy atom. The lowest BCUT2D eigenvalue weighted by molar-refractivity contribution is -0.139. The third kappa shape index (κ3) is 8.62. The van der Waals surface area contributed by atoms with Gasteiger partial charge in [0.25, 0.3) is 0 Å². The number of amides is 2. The monoisotopic (exact) mass is 598 g/mol. The number of nitrogens with zero attached hydrogens (tertiary/aromatic N) is 1. The zero-order valence-electron chi connectivity index (χ0n) is 20.7. The molecule has 3 aromatic carbocycles. The number of thioether (sulfide) groups is 1. The first kappa shape index (κ1) is 27.7. The van der Waals surface area contributed by atoms with Crippen LogP contribution in [0.4, 0.5) is 0 Å². The Kier molecular flexibility index (Phi) is 10.5. The predicted octanol–water partition coefficient (Wildman–Crippen LogP) is 7.28. The van der Waals surface area contributed by atoms with Crippen LogP contribution in [0.2, 0.25) is 5.02 Å². The molecule has 1 N–H and O–H groups in total. The van der Waals surface area contributed by atoms with E-state index in [1.54, 1.807) is 4.90 Å². The molecule has 37 heavy (non-hydrogen) atoms. The predicted molar refractivity (Wildman–Crippen MR) is 156 cm³/mol. The van der Waals surface area contributed by atoms with E-state index in [4.69, 9.17) is 11.6 Å². The van der Waals surface area contributed by atoms with Crippen molar-refractivity contribution in [1.29, 1.82) is 0 Å². The molecule has 1 unspecified atom stereocenters. The van der Waals surface area contributed by atoms with E-state index in [2.05, 4.69) is 21.2 Å². The van der Waals surface area contributed by atoms with Gasteiger partial charge in [-0.15, -0.1) is 11.8 Å². The van der Waals surface area contributed by atoms with E-state index in [0.717, 1.165) is 46.2 Å². The van der Waals surface area contributed by atoms with Gasteiger partial charge in [-0.05, 0) is 60.4 Å². The zero-order valence-corrected chi connectivity index (χ0v) is 23.9. The second-order valence-electron chi connectivity index (χ2n) is 9.44. The topological polar surface area (TPSA) is 49.4 Å². The molecule has 0 aliphatic heterocycles. The molecule has 0 bridgehead atoms. The minimum Gasteiger partial charge on any atom is -0.352 e. The Hall–Kier alpha value is -2.28. The number of carbonyl (C=O) groups excluding carboxylic acids is 2. The number of hydrogen-bond donors (Lipinski definition) is 1. The molecular weight excluding hydrogens is 568 g/mol. The van der Waals surface area contributed by atoms with Gasteiger partial charge in [0, 0.05) is 33.4 Å². The highest BCUT2D eigenvalue weighted by atomic mass is 79.9. The van der Waals surface area contributed by atoms with E-state index >= 15 is 0 Å². The molecule has 7 heteroatoms. The summed E-state index contributed by atoms with van der Waals surface area (Å²) in [7, 11) is 0. The molecule has 194 valence electrons. The maximum atomic E-state index is 13.8. The van der Waals surface area contributed by atoms with Crippen molar-refractivity contribution in [2.75, 3.05) is 5.75 Å². The van der Waals surface area contributed by atoms with Gasteiger partial charge in [0.1, 0.15) is 6.04 Å². The number of halogens is 2. The Labute approximate surface area is 237 Å². The fourth-order valence-corrected chi connectivity index (χ4v) is 5.82. The second-order valence-corrected chi connectivity index (χ2v) is 11.8. The average molecular weight is 600 g/mol. The van der Waals surface area contributed by atoms with Gasteiger partial charge in [0.15, 0.2) is 0 Å². The Morgan fingerprint density at radius 3 is 2.27 bits per heavy atom. The summed E-state index contributed by atoms with van der Waals surface area (Å²) in [5.41, 5.74) is 2.02. The lowest BCUT2D eigenvalue weighted by atomic mass is 9.94. The summed E-state index contributed by atoms with van der Waals surface area (Å²) in [5, 5.41) is 3.95. The minimum atomic E-state index is -0.605. The number of nitrogens with one attached hydrogen (secondary N) is 1. The van der Waals surface area contributed by atoms with Crippen molar-refractivity contribution in [2.24, 2.45) is 0 Å². The van der Waals surface area contributed by atoms with Crippen LogP contribution in [-0.2, 0) is 22.6 Å². The summed E-state index contributed by atoms with van der Waals surface area (Å²) < 4.78 is 0.975. The van der Waals surface area contributed by atoms with Crippen LogP contribution in [-0.4, -0.2) is 34.6 Å². The Bertz CT molecular complexity index is 1150. The molecule has 3 aromatic rings. The van der Waals surface area contributed by atoms with Gasteiger partial charge < -0.3 is 10.2 Å². The van der Waals surface area contributed by atoms with Crippen LogP contribution < -0.4 is 5.32 Å². The zero-order chi connectivity index (χ0) is 26.0. The van der Waals surface area contributed by atoms with Gasteiger partial charge in [0.2, 0.25) is 11.8 Å². The Balaban J connectivity index is 1.59. The number of benzene rings is 3. The summed E-state index contributed by atoms with van der Waals surface area (Å²) in [5.74, 6) is 0.0977. The fourth-order valence-electron chi connectivity index (χ4n) is 4.64. The van der Waals surface area contributed by atoms with Crippen molar-refractivity contribution in [2.45, 2.75) is 62.0 Å². The van der Waals surface area contributed by atoms with Crippen molar-refractivity contribution in [3.63, 3.8) is 0 Å². The summed E-state index contributed by atoms with van der Waals surface area (Å²) in [6, 6.07) is 24.9. The summed E-state index contributed by atoms with van der Waals surface area (Å²) in [6.07, 6.45) is 5.94. The molecule has 0 saturated heterocycles. The molecule has 4 nitrogen and oxygen atoms in total. The fraction of sp³-hybridized carbons (Fsp3) is 0.333. The van der Waals surface area contributed by atoms with Gasteiger partial charge in [-0.2, -0.15) is 0 Å². The molecule has 1 aliphatic carbocycles. The highest BCUT2D eigenvalue weighted by molar-refractivity contribution is 9.10. The van der Waals surface area contributed by atoms with Crippen LogP contribution in [0.15, 0.2) is 88.2 Å². The van der Waals surface area contributed by atoms with Gasteiger partial charge in [-0.3, -0.25) is 9.59 Å². The Morgan fingerprint density at radius 2 is 1.59 bits per heavy atom. The van der Waals surface area contributed by atoms with Gasteiger partial charge in [0.05, 0.1) is 5.75 Å². The maximum absolute atomic E-state index is 13.8. The van der Waals surface area contributed by atoms with Crippen molar-refractivity contribution < 1.29 is 9.59 Å². The lowest BCUT2D eigenvalue weighted by Gasteiger charge is -2.33. The van der Waals surface area contributed by atoms with Crippen molar-refractivity contribution >= 4 is 51.1 Å². The first-order valence-electron chi connectivity index (χ1n) is 12.7. The molecule has 0 aromatic heterocycles. The van der Waals surface area contributed by atoms with Crippen molar-refractivity contribution in [1.82, 2.24) is 10.2 Å². The summed E-state index contributed by atoms with van der Waals surface area (Å²) in [4.78, 5) is 30.3. The van der Waals surface area contributed by atoms with Crippen LogP contribution in [0.3, 0.4) is 0 Å². The van der Waals surface area contributed by atoms with Crippen LogP contribution in [0.25, 0.3) is 0 Å². The maximum Gasteiger partial charge on any atom is 0.243 e. The number of carbonyl (C=O) groups is 2.